The van der Waals surface area contributed by atoms with E-state index in [-0.39, 0.29) is 4.90 Å². The molecule has 0 aliphatic heterocycles. The zero-order chi connectivity index (χ0) is 18.1. The number of hydrogen-bond acceptors (Lipinski definition) is 5. The number of nitrogens with zero attached hydrogens (tertiary/aromatic N) is 3. The van der Waals surface area contributed by atoms with Crippen LogP contribution in [0.4, 0.5) is 5.82 Å². The van der Waals surface area contributed by atoms with Crippen molar-refractivity contribution in [3.8, 4) is 0 Å². The molecule has 0 aliphatic rings. The fourth-order valence-corrected chi connectivity index (χ4v) is 3.58. The minimum absolute atomic E-state index is 0.176. The molecule has 1 heterocycles. The number of anilines is 1. The van der Waals surface area contributed by atoms with E-state index in [1.54, 1.807) is 12.3 Å². The molecule has 0 spiro atoms. The van der Waals surface area contributed by atoms with Gasteiger partial charge in [0, 0.05) is 25.5 Å². The Hall–Kier alpha value is -2.51. The Morgan fingerprint density at radius 1 is 1.12 bits per heavy atom. The smallest absolute Gasteiger partial charge is 0.244 e. The first kappa shape index (κ1) is 18.8. The summed E-state index contributed by atoms with van der Waals surface area (Å²) >= 11 is 0. The largest absolute Gasteiger partial charge is 0.261 e. The fourth-order valence-electron chi connectivity index (χ4n) is 2.18. The van der Waals surface area contributed by atoms with Crippen LogP contribution in [0.5, 0.6) is 0 Å². The topological polar surface area (TPSA) is 74.7 Å². The average Bonchev–Trinajstić information content (AvgIpc) is 2.63. The van der Waals surface area contributed by atoms with E-state index in [0.29, 0.717) is 18.9 Å². The highest BCUT2D eigenvalue weighted by atomic mass is 32.2. The van der Waals surface area contributed by atoms with Crippen molar-refractivity contribution < 1.29 is 8.42 Å². The molecule has 1 aromatic heterocycles. The Morgan fingerprint density at radius 3 is 2.44 bits per heavy atom. The lowest BCUT2D eigenvalue weighted by Gasteiger charge is -2.18. The number of allylic oxidation sites excluding steroid dienone is 1. The Bertz CT molecular complexity index is 812. The van der Waals surface area contributed by atoms with Gasteiger partial charge < -0.3 is 0 Å². The summed E-state index contributed by atoms with van der Waals surface area (Å²) in [5.41, 5.74) is 3.85. The molecule has 0 bridgehead atoms. The van der Waals surface area contributed by atoms with Crippen LogP contribution in [0.2, 0.25) is 0 Å². The van der Waals surface area contributed by atoms with Gasteiger partial charge in [-0.05, 0) is 23.8 Å². The molecule has 0 radical (unpaired) electrons. The molecule has 0 saturated heterocycles. The summed E-state index contributed by atoms with van der Waals surface area (Å²) in [6, 6.07) is 13.0. The van der Waals surface area contributed by atoms with Crippen LogP contribution in [0.1, 0.15) is 19.4 Å². The number of aromatic nitrogens is 1. The van der Waals surface area contributed by atoms with Gasteiger partial charge in [0.1, 0.15) is 10.7 Å². The first-order valence-electron chi connectivity index (χ1n) is 8.05. The zero-order valence-electron chi connectivity index (χ0n) is 14.3. The summed E-state index contributed by atoms with van der Waals surface area (Å²) in [7, 11) is -3.48. The Balaban J connectivity index is 1.96. The molecule has 25 heavy (non-hydrogen) atoms. The van der Waals surface area contributed by atoms with E-state index in [9.17, 15) is 8.42 Å². The lowest BCUT2D eigenvalue weighted by molar-refractivity contribution is 0.445. The van der Waals surface area contributed by atoms with Crippen LogP contribution in [0.25, 0.3) is 6.08 Å². The molecule has 0 fully saturated rings. The van der Waals surface area contributed by atoms with E-state index < -0.39 is 10.0 Å². The summed E-state index contributed by atoms with van der Waals surface area (Å²) in [5, 5.41) is 4.03. The molecule has 0 atom stereocenters. The quantitative estimate of drug-likeness (QED) is 0.581. The van der Waals surface area contributed by atoms with Crippen molar-refractivity contribution in [2.45, 2.75) is 18.7 Å². The van der Waals surface area contributed by atoms with E-state index in [4.69, 9.17) is 0 Å². The lowest BCUT2D eigenvalue weighted by atomic mass is 10.2. The predicted molar refractivity (Wildman–Crippen MR) is 102 cm³/mol. The number of nitrogens with one attached hydrogen (secondary N) is 1. The molecule has 2 rings (SSSR count). The second kappa shape index (κ2) is 9.10. The maximum atomic E-state index is 12.4. The van der Waals surface area contributed by atoms with Crippen LogP contribution >= 0.6 is 0 Å². The SMILES string of the molecule is CCN(CC)S(=O)(=O)c1ccc(N/N=C\C=C\c2ccccc2)nc1. The number of pyridine rings is 1. The standard InChI is InChI=1S/C18H22N4O2S/c1-3-22(4-2)25(23,24)17-12-13-18(19-15-17)21-20-14-8-11-16-9-6-5-7-10-16/h5-15H,3-4H2,1-2H3,(H,19,21)/b11-8+,20-14-. The van der Waals surface area contributed by atoms with Crippen molar-refractivity contribution in [1.82, 2.24) is 9.29 Å². The lowest BCUT2D eigenvalue weighted by Crippen LogP contribution is -2.30. The fraction of sp³-hybridized carbons (Fsp3) is 0.222. The molecule has 132 valence electrons. The van der Waals surface area contributed by atoms with Gasteiger partial charge in [0.25, 0.3) is 0 Å². The maximum absolute atomic E-state index is 12.4. The Labute approximate surface area is 149 Å². The second-order valence-corrected chi connectivity index (χ2v) is 7.07. The van der Waals surface area contributed by atoms with Crippen LogP contribution in [0.15, 0.2) is 64.7 Å². The monoisotopic (exact) mass is 358 g/mol. The van der Waals surface area contributed by atoms with Gasteiger partial charge in [-0.15, -0.1) is 0 Å². The molecule has 0 saturated carbocycles. The molecule has 0 aliphatic carbocycles. The van der Waals surface area contributed by atoms with Gasteiger partial charge in [-0.2, -0.15) is 9.41 Å². The second-order valence-electron chi connectivity index (χ2n) is 5.13. The molecule has 0 amide bonds. The highest BCUT2D eigenvalue weighted by Gasteiger charge is 2.21. The summed E-state index contributed by atoms with van der Waals surface area (Å²) in [6.07, 6.45) is 6.68. The molecule has 6 nitrogen and oxygen atoms in total. The number of hydrazone groups is 1. The summed E-state index contributed by atoms with van der Waals surface area (Å²) < 4.78 is 26.1. The van der Waals surface area contributed by atoms with Gasteiger partial charge in [0.2, 0.25) is 10.0 Å². The molecular weight excluding hydrogens is 336 g/mol. The van der Waals surface area contributed by atoms with Crippen molar-refractivity contribution in [3.63, 3.8) is 0 Å². The average molecular weight is 358 g/mol. The third-order valence-corrected chi connectivity index (χ3v) is 5.54. The minimum atomic E-state index is -3.48. The van der Waals surface area contributed by atoms with Crippen LogP contribution in [0.3, 0.4) is 0 Å². The summed E-state index contributed by atoms with van der Waals surface area (Å²) in [6.45, 7) is 4.47. The van der Waals surface area contributed by atoms with Crippen molar-refractivity contribution in [3.05, 3.63) is 60.3 Å². The van der Waals surface area contributed by atoms with Gasteiger partial charge in [0.15, 0.2) is 0 Å². The van der Waals surface area contributed by atoms with Gasteiger partial charge >= 0.3 is 0 Å². The van der Waals surface area contributed by atoms with Gasteiger partial charge in [-0.3, -0.25) is 5.43 Å². The van der Waals surface area contributed by atoms with E-state index >= 15 is 0 Å². The van der Waals surface area contributed by atoms with E-state index in [2.05, 4.69) is 15.5 Å². The van der Waals surface area contributed by atoms with Crippen LogP contribution in [-0.4, -0.2) is 37.0 Å². The van der Waals surface area contributed by atoms with E-state index in [1.807, 2.05) is 56.3 Å². The Morgan fingerprint density at radius 2 is 1.84 bits per heavy atom. The van der Waals surface area contributed by atoms with Gasteiger partial charge in [-0.1, -0.05) is 50.3 Å². The van der Waals surface area contributed by atoms with Crippen LogP contribution < -0.4 is 5.43 Å². The molecular formula is C18H22N4O2S. The normalized spacial score (nSPS) is 12.3. The molecule has 0 unspecified atom stereocenters. The third kappa shape index (κ3) is 5.23. The predicted octanol–water partition coefficient (Wildman–Crippen LogP) is 3.22. The van der Waals surface area contributed by atoms with E-state index in [1.165, 1.54) is 16.6 Å². The molecule has 1 N–H and O–H groups in total. The van der Waals surface area contributed by atoms with Crippen molar-refractivity contribution in [2.75, 3.05) is 18.5 Å². The number of benzene rings is 1. The number of sulfonamides is 1. The third-order valence-electron chi connectivity index (χ3n) is 3.51. The molecule has 2 aromatic rings. The summed E-state index contributed by atoms with van der Waals surface area (Å²) in [4.78, 5) is 4.27. The van der Waals surface area contributed by atoms with Gasteiger partial charge in [-0.25, -0.2) is 13.4 Å². The van der Waals surface area contributed by atoms with Crippen molar-refractivity contribution in [1.29, 1.82) is 0 Å². The summed E-state index contributed by atoms with van der Waals surface area (Å²) in [5.74, 6) is 0.475. The van der Waals surface area contributed by atoms with Crippen molar-refractivity contribution in [2.24, 2.45) is 5.10 Å². The van der Waals surface area contributed by atoms with Crippen LogP contribution in [0, 0.1) is 0 Å². The minimum Gasteiger partial charge on any atom is -0.261 e. The van der Waals surface area contributed by atoms with Crippen LogP contribution in [-0.2, 0) is 10.0 Å². The van der Waals surface area contributed by atoms with Gasteiger partial charge in [0.05, 0.1) is 0 Å². The highest BCUT2D eigenvalue weighted by molar-refractivity contribution is 7.89. The van der Waals surface area contributed by atoms with E-state index in [0.717, 1.165) is 5.56 Å². The first-order chi connectivity index (χ1) is 12.1. The molecule has 1 aromatic carbocycles. The first-order valence-corrected chi connectivity index (χ1v) is 9.49. The number of rotatable bonds is 8. The Kier molecular flexibility index (Phi) is 6.85. The van der Waals surface area contributed by atoms with Crippen molar-refractivity contribution >= 4 is 28.1 Å². The molecule has 7 heteroatoms. The maximum Gasteiger partial charge on any atom is 0.244 e. The number of hydrogen-bond donors (Lipinski definition) is 1. The highest BCUT2D eigenvalue weighted by Crippen LogP contribution is 2.15. The zero-order valence-corrected chi connectivity index (χ0v) is 15.1.